The molecule has 1 aliphatic rings. The fourth-order valence-corrected chi connectivity index (χ4v) is 3.14. The molecule has 1 N–H and O–H groups in total. The first-order valence-electron chi connectivity index (χ1n) is 6.05. The van der Waals surface area contributed by atoms with Gasteiger partial charge in [0.05, 0.1) is 17.4 Å². The molecule has 6 heteroatoms. The molecular formula is C13H16O5S. The topological polar surface area (TPSA) is 80.7 Å². The molecule has 1 unspecified atom stereocenters. The third-order valence-electron chi connectivity index (χ3n) is 3.09. The van der Waals surface area contributed by atoms with E-state index < -0.39 is 21.7 Å². The van der Waals surface area contributed by atoms with Gasteiger partial charge in [-0.3, -0.25) is 4.79 Å². The van der Waals surface area contributed by atoms with Crippen LogP contribution in [0.3, 0.4) is 0 Å². The molecular weight excluding hydrogens is 268 g/mol. The van der Waals surface area contributed by atoms with Gasteiger partial charge in [-0.1, -0.05) is 25.1 Å². The lowest BCUT2D eigenvalue weighted by atomic mass is 10.0. The number of benzene rings is 1. The molecule has 1 saturated heterocycles. The van der Waals surface area contributed by atoms with Crippen molar-refractivity contribution in [1.82, 2.24) is 0 Å². The van der Waals surface area contributed by atoms with Gasteiger partial charge < -0.3 is 9.84 Å². The van der Waals surface area contributed by atoms with Crippen molar-refractivity contribution in [3.8, 4) is 5.75 Å². The van der Waals surface area contributed by atoms with Gasteiger partial charge in [0.25, 0.3) is 0 Å². The molecule has 19 heavy (non-hydrogen) atoms. The van der Waals surface area contributed by atoms with E-state index in [9.17, 15) is 13.2 Å². The zero-order valence-corrected chi connectivity index (χ0v) is 11.4. The Morgan fingerprint density at radius 3 is 2.63 bits per heavy atom. The highest BCUT2D eigenvalue weighted by Crippen LogP contribution is 2.25. The third-order valence-corrected chi connectivity index (χ3v) is 4.85. The van der Waals surface area contributed by atoms with Gasteiger partial charge in [-0.25, -0.2) is 8.42 Å². The molecule has 0 bridgehead atoms. The fraction of sp³-hybridized carbons (Fsp3) is 0.462. The van der Waals surface area contributed by atoms with Crippen LogP contribution >= 0.6 is 0 Å². The number of aliphatic carboxylic acids is 1. The summed E-state index contributed by atoms with van der Waals surface area (Å²) in [4.78, 5) is 10.9. The van der Waals surface area contributed by atoms with Crippen LogP contribution in [0, 0.1) is 5.92 Å². The highest BCUT2D eigenvalue weighted by atomic mass is 32.2. The molecule has 104 valence electrons. The van der Waals surface area contributed by atoms with Crippen molar-refractivity contribution in [3.63, 3.8) is 0 Å². The summed E-state index contributed by atoms with van der Waals surface area (Å²) in [6.45, 7) is 1.63. The van der Waals surface area contributed by atoms with Gasteiger partial charge in [-0.2, -0.15) is 0 Å². The van der Waals surface area contributed by atoms with Crippen LogP contribution in [-0.4, -0.2) is 37.1 Å². The molecule has 0 aliphatic carbocycles. The molecule has 2 rings (SSSR count). The number of carbonyl (C=O) groups is 1. The molecule has 1 atom stereocenters. The van der Waals surface area contributed by atoms with Crippen molar-refractivity contribution in [2.45, 2.75) is 19.4 Å². The predicted octanol–water partition coefficient (Wildman–Crippen LogP) is 1.13. The van der Waals surface area contributed by atoms with E-state index in [1.54, 1.807) is 19.1 Å². The fourth-order valence-electron chi connectivity index (χ4n) is 1.97. The lowest BCUT2D eigenvalue weighted by molar-refractivity contribution is -0.141. The summed E-state index contributed by atoms with van der Waals surface area (Å²) in [6, 6.07) is 7.16. The van der Waals surface area contributed by atoms with Crippen LogP contribution < -0.4 is 4.74 Å². The quantitative estimate of drug-likeness (QED) is 0.876. The number of ether oxygens (including phenoxy) is 1. The molecule has 0 amide bonds. The SMILES string of the molecule is CC(Cc1ccccc1OC1CS(=O)(=O)C1)C(=O)O. The average Bonchev–Trinajstić information content (AvgIpc) is 2.29. The highest BCUT2D eigenvalue weighted by molar-refractivity contribution is 7.92. The van der Waals surface area contributed by atoms with Crippen molar-refractivity contribution in [2.24, 2.45) is 5.92 Å². The Labute approximate surface area is 112 Å². The van der Waals surface area contributed by atoms with E-state index in [0.717, 1.165) is 5.56 Å². The van der Waals surface area contributed by atoms with E-state index in [1.807, 2.05) is 12.1 Å². The highest BCUT2D eigenvalue weighted by Gasteiger charge is 2.35. The second-order valence-electron chi connectivity index (χ2n) is 4.87. The van der Waals surface area contributed by atoms with Gasteiger partial charge in [-0.15, -0.1) is 0 Å². The Kier molecular flexibility index (Phi) is 3.80. The van der Waals surface area contributed by atoms with Crippen LogP contribution in [0.1, 0.15) is 12.5 Å². The molecule has 1 aliphatic heterocycles. The Bertz CT molecular complexity index is 566. The first-order valence-corrected chi connectivity index (χ1v) is 7.87. The molecule has 0 aromatic heterocycles. The van der Waals surface area contributed by atoms with Crippen LogP contribution in [0.4, 0.5) is 0 Å². The maximum absolute atomic E-state index is 11.1. The van der Waals surface area contributed by atoms with Crippen molar-refractivity contribution in [1.29, 1.82) is 0 Å². The number of hydrogen-bond acceptors (Lipinski definition) is 4. The summed E-state index contributed by atoms with van der Waals surface area (Å²) in [6.07, 6.45) is 0.0524. The van der Waals surface area contributed by atoms with E-state index in [1.165, 1.54) is 0 Å². The van der Waals surface area contributed by atoms with E-state index in [0.29, 0.717) is 12.2 Å². The van der Waals surface area contributed by atoms with Gasteiger partial charge in [0.1, 0.15) is 11.9 Å². The summed E-state index contributed by atoms with van der Waals surface area (Å²) < 4.78 is 27.8. The second-order valence-corrected chi connectivity index (χ2v) is 7.02. The summed E-state index contributed by atoms with van der Waals surface area (Å²) in [5.41, 5.74) is 0.793. The maximum Gasteiger partial charge on any atom is 0.306 e. The number of sulfone groups is 1. The average molecular weight is 284 g/mol. The summed E-state index contributed by atoms with van der Waals surface area (Å²) in [5.74, 6) is -0.711. The van der Waals surface area contributed by atoms with Gasteiger partial charge >= 0.3 is 5.97 Å². The number of hydrogen-bond donors (Lipinski definition) is 1. The number of para-hydroxylation sites is 1. The first-order chi connectivity index (χ1) is 8.87. The van der Waals surface area contributed by atoms with Crippen LogP contribution in [0.2, 0.25) is 0 Å². The molecule has 0 radical (unpaired) electrons. The van der Waals surface area contributed by atoms with E-state index >= 15 is 0 Å². The van der Waals surface area contributed by atoms with Gasteiger partial charge in [0, 0.05) is 0 Å². The zero-order valence-electron chi connectivity index (χ0n) is 10.6. The van der Waals surface area contributed by atoms with Crippen molar-refractivity contribution < 1.29 is 23.1 Å². The van der Waals surface area contributed by atoms with Crippen LogP contribution in [0.5, 0.6) is 5.75 Å². The van der Waals surface area contributed by atoms with Crippen molar-refractivity contribution in [2.75, 3.05) is 11.5 Å². The number of rotatable bonds is 5. The summed E-state index contributed by atoms with van der Waals surface area (Å²) >= 11 is 0. The lowest BCUT2D eigenvalue weighted by Crippen LogP contribution is -2.45. The molecule has 0 spiro atoms. The van der Waals surface area contributed by atoms with Crippen LogP contribution in [-0.2, 0) is 21.1 Å². The molecule has 1 aromatic rings. The van der Waals surface area contributed by atoms with E-state index in [2.05, 4.69) is 0 Å². The van der Waals surface area contributed by atoms with Crippen molar-refractivity contribution >= 4 is 15.8 Å². The molecule has 0 saturated carbocycles. The minimum absolute atomic E-state index is 0.0375. The Morgan fingerprint density at radius 1 is 1.42 bits per heavy atom. The Hall–Kier alpha value is -1.56. The molecule has 1 fully saturated rings. The van der Waals surface area contributed by atoms with Crippen LogP contribution in [0.15, 0.2) is 24.3 Å². The standard InChI is InChI=1S/C13H16O5S/c1-9(13(14)15)6-10-4-2-3-5-12(10)18-11-7-19(16,17)8-11/h2-5,9,11H,6-8H2,1H3,(H,14,15). The normalized spacial score (nSPS) is 19.4. The Balaban J connectivity index is 2.06. The minimum atomic E-state index is -2.92. The van der Waals surface area contributed by atoms with E-state index in [4.69, 9.17) is 9.84 Å². The first kappa shape index (κ1) is 13.9. The number of carboxylic acid groups (broad SMARTS) is 1. The van der Waals surface area contributed by atoms with Crippen LogP contribution in [0.25, 0.3) is 0 Å². The summed E-state index contributed by atoms with van der Waals surface area (Å²) in [5, 5.41) is 8.92. The second kappa shape index (κ2) is 5.21. The monoisotopic (exact) mass is 284 g/mol. The minimum Gasteiger partial charge on any atom is -0.488 e. The van der Waals surface area contributed by atoms with E-state index in [-0.39, 0.29) is 17.6 Å². The van der Waals surface area contributed by atoms with Gasteiger partial charge in [0.2, 0.25) is 0 Å². The number of carboxylic acids is 1. The molecule has 1 heterocycles. The predicted molar refractivity (Wildman–Crippen MR) is 70.0 cm³/mol. The summed E-state index contributed by atoms with van der Waals surface area (Å²) in [7, 11) is -2.92. The van der Waals surface area contributed by atoms with Crippen molar-refractivity contribution in [3.05, 3.63) is 29.8 Å². The van der Waals surface area contributed by atoms with Gasteiger partial charge in [0.15, 0.2) is 9.84 Å². The maximum atomic E-state index is 11.1. The molecule has 1 aromatic carbocycles. The zero-order chi connectivity index (χ0) is 14.0. The third kappa shape index (κ3) is 3.47. The lowest BCUT2D eigenvalue weighted by Gasteiger charge is -2.27. The van der Waals surface area contributed by atoms with Gasteiger partial charge in [-0.05, 0) is 18.1 Å². The Morgan fingerprint density at radius 2 is 2.05 bits per heavy atom. The smallest absolute Gasteiger partial charge is 0.306 e. The largest absolute Gasteiger partial charge is 0.488 e. The molecule has 5 nitrogen and oxygen atoms in total.